The summed E-state index contributed by atoms with van der Waals surface area (Å²) in [5.41, 5.74) is 0.690. The summed E-state index contributed by atoms with van der Waals surface area (Å²) < 4.78 is 30.6. The van der Waals surface area contributed by atoms with Gasteiger partial charge in [-0.25, -0.2) is 13.2 Å². The Bertz CT molecular complexity index is 802. The van der Waals surface area contributed by atoms with Crippen molar-refractivity contribution in [3.05, 3.63) is 29.8 Å². The van der Waals surface area contributed by atoms with Gasteiger partial charge in [0.2, 0.25) is 10.0 Å². The van der Waals surface area contributed by atoms with Crippen molar-refractivity contribution in [3.8, 4) is 0 Å². The topological polar surface area (TPSA) is 84.0 Å². The molecule has 0 aromatic heterocycles. The number of amides is 1. The molecule has 0 radical (unpaired) electrons. The number of hydrogen-bond donors (Lipinski definition) is 0. The Morgan fingerprint density at radius 1 is 1.19 bits per heavy atom. The summed E-state index contributed by atoms with van der Waals surface area (Å²) >= 11 is 0. The monoisotopic (exact) mass is 394 g/mol. The second-order valence-corrected chi connectivity index (χ2v) is 9.18. The first-order valence-corrected chi connectivity index (χ1v) is 11.0. The van der Waals surface area contributed by atoms with Crippen LogP contribution in [0.25, 0.3) is 0 Å². The Kier molecular flexibility index (Phi) is 6.04. The van der Waals surface area contributed by atoms with E-state index >= 15 is 0 Å². The Morgan fingerprint density at radius 2 is 1.93 bits per heavy atom. The number of likely N-dealkylation sites (N-methyl/N-ethyl adjacent to an activating group) is 1. The van der Waals surface area contributed by atoms with Gasteiger partial charge in [0.25, 0.3) is 5.91 Å². The van der Waals surface area contributed by atoms with Crippen LogP contribution < -0.4 is 4.31 Å². The van der Waals surface area contributed by atoms with Crippen LogP contribution in [-0.2, 0) is 19.6 Å². The molecule has 0 N–H and O–H groups in total. The molecule has 0 unspecified atom stereocenters. The minimum absolute atomic E-state index is 0.115. The van der Waals surface area contributed by atoms with Gasteiger partial charge in [0.15, 0.2) is 6.61 Å². The van der Waals surface area contributed by atoms with Crippen molar-refractivity contribution in [1.29, 1.82) is 0 Å². The van der Waals surface area contributed by atoms with Gasteiger partial charge in [-0.2, -0.15) is 0 Å². The van der Waals surface area contributed by atoms with Crippen molar-refractivity contribution in [2.45, 2.75) is 44.6 Å². The molecule has 3 rings (SSSR count). The molecule has 0 spiro atoms. The zero-order chi connectivity index (χ0) is 19.4. The molecule has 2 fully saturated rings. The van der Waals surface area contributed by atoms with Gasteiger partial charge < -0.3 is 9.64 Å². The highest BCUT2D eigenvalue weighted by molar-refractivity contribution is 7.93. The third-order valence-corrected chi connectivity index (χ3v) is 7.18. The van der Waals surface area contributed by atoms with Crippen LogP contribution in [0.2, 0.25) is 0 Å². The van der Waals surface area contributed by atoms with Gasteiger partial charge in [0.05, 0.1) is 17.0 Å². The first-order chi connectivity index (χ1) is 12.9. The number of carbonyl (C=O) groups is 2. The number of ether oxygens (including phenoxy) is 1. The molecule has 1 aliphatic heterocycles. The van der Waals surface area contributed by atoms with Gasteiger partial charge >= 0.3 is 5.97 Å². The zero-order valence-electron chi connectivity index (χ0n) is 15.6. The normalized spacial score (nSPS) is 19.7. The molecule has 8 heteroatoms. The molecule has 1 heterocycles. The first-order valence-electron chi connectivity index (χ1n) is 9.42. The lowest BCUT2D eigenvalue weighted by Crippen LogP contribution is -2.40. The van der Waals surface area contributed by atoms with E-state index in [9.17, 15) is 18.0 Å². The maximum Gasteiger partial charge on any atom is 0.338 e. The van der Waals surface area contributed by atoms with Gasteiger partial charge in [0, 0.05) is 19.6 Å². The summed E-state index contributed by atoms with van der Waals surface area (Å²) in [6, 6.07) is 6.55. The molecule has 2 aliphatic rings. The number of esters is 1. The summed E-state index contributed by atoms with van der Waals surface area (Å²) in [7, 11) is -1.56. The number of carbonyl (C=O) groups excluding carboxylic acids is 2. The smallest absolute Gasteiger partial charge is 0.338 e. The summed E-state index contributed by atoms with van der Waals surface area (Å²) in [4.78, 5) is 26.3. The minimum Gasteiger partial charge on any atom is -0.452 e. The molecule has 27 heavy (non-hydrogen) atoms. The van der Waals surface area contributed by atoms with E-state index in [-0.39, 0.29) is 29.9 Å². The number of rotatable bonds is 5. The van der Waals surface area contributed by atoms with Crippen molar-refractivity contribution < 1.29 is 22.7 Å². The zero-order valence-corrected chi connectivity index (χ0v) is 16.4. The predicted octanol–water partition coefficient (Wildman–Crippen LogP) is 2.17. The van der Waals surface area contributed by atoms with E-state index in [0.717, 1.165) is 25.7 Å². The maximum atomic E-state index is 12.3. The summed E-state index contributed by atoms with van der Waals surface area (Å²) in [6.45, 7) is 0.101. The van der Waals surface area contributed by atoms with Gasteiger partial charge in [-0.1, -0.05) is 25.3 Å². The highest BCUT2D eigenvalue weighted by atomic mass is 32.2. The van der Waals surface area contributed by atoms with Crippen molar-refractivity contribution in [3.63, 3.8) is 0 Å². The summed E-state index contributed by atoms with van der Waals surface area (Å²) in [6.07, 6.45) is 5.99. The van der Waals surface area contributed by atoms with Crippen LogP contribution in [0, 0.1) is 0 Å². The van der Waals surface area contributed by atoms with Crippen LogP contribution in [0.5, 0.6) is 0 Å². The fourth-order valence-corrected chi connectivity index (χ4v) is 5.26. The molecular formula is C19H26N2O5S. The van der Waals surface area contributed by atoms with Gasteiger partial charge in [-0.15, -0.1) is 0 Å². The minimum atomic E-state index is -3.31. The lowest BCUT2D eigenvalue weighted by Gasteiger charge is -2.31. The average molecular weight is 394 g/mol. The van der Waals surface area contributed by atoms with Gasteiger partial charge in [0.1, 0.15) is 0 Å². The second-order valence-electron chi connectivity index (χ2n) is 7.16. The molecule has 1 amide bonds. The van der Waals surface area contributed by atoms with E-state index in [4.69, 9.17) is 4.74 Å². The fourth-order valence-electron chi connectivity index (χ4n) is 3.70. The average Bonchev–Trinajstić information content (AvgIpc) is 3.05. The van der Waals surface area contributed by atoms with Gasteiger partial charge in [-0.05, 0) is 37.5 Å². The van der Waals surface area contributed by atoms with Crippen LogP contribution in [0.3, 0.4) is 0 Å². The van der Waals surface area contributed by atoms with Crippen molar-refractivity contribution in [1.82, 2.24) is 4.90 Å². The number of hydrogen-bond acceptors (Lipinski definition) is 5. The fraction of sp³-hybridized carbons (Fsp3) is 0.579. The van der Waals surface area contributed by atoms with E-state index in [1.54, 1.807) is 30.1 Å². The summed E-state index contributed by atoms with van der Waals surface area (Å²) in [5, 5.41) is 0. The largest absolute Gasteiger partial charge is 0.452 e. The highest BCUT2D eigenvalue weighted by Crippen LogP contribution is 2.25. The van der Waals surface area contributed by atoms with E-state index in [2.05, 4.69) is 0 Å². The van der Waals surface area contributed by atoms with Crippen molar-refractivity contribution in [2.24, 2.45) is 0 Å². The molecule has 1 aliphatic carbocycles. The predicted molar refractivity (Wildman–Crippen MR) is 102 cm³/mol. The number of benzene rings is 1. The highest BCUT2D eigenvalue weighted by Gasteiger charge is 2.29. The Balaban J connectivity index is 1.59. The second kappa shape index (κ2) is 8.29. The van der Waals surface area contributed by atoms with Crippen molar-refractivity contribution >= 4 is 27.6 Å². The SMILES string of the molecule is CN(C(=O)COC(=O)c1cccc(N2CCCS2(=O)=O)c1)C1CCCCC1. The maximum absolute atomic E-state index is 12.3. The van der Waals surface area contributed by atoms with Gasteiger partial charge in [-0.3, -0.25) is 9.10 Å². The van der Waals surface area contributed by atoms with E-state index in [1.165, 1.54) is 16.8 Å². The Hall–Kier alpha value is -2.09. The first kappa shape index (κ1) is 19.7. The van der Waals surface area contributed by atoms with Crippen LogP contribution in [0.4, 0.5) is 5.69 Å². The Labute approximate surface area is 160 Å². The van der Waals surface area contributed by atoms with E-state index in [1.807, 2.05) is 0 Å². The number of anilines is 1. The third-order valence-electron chi connectivity index (χ3n) is 5.31. The number of nitrogens with zero attached hydrogens (tertiary/aromatic N) is 2. The molecule has 1 saturated carbocycles. The standard InChI is InChI=1S/C19H26N2O5S/c1-20(16-8-3-2-4-9-16)18(22)14-26-19(23)15-7-5-10-17(13-15)21-11-6-12-27(21,24)25/h5,7,10,13,16H,2-4,6,8-9,11-12,14H2,1H3. The Morgan fingerprint density at radius 3 is 2.59 bits per heavy atom. The van der Waals surface area contributed by atoms with Crippen molar-refractivity contribution in [2.75, 3.05) is 30.3 Å². The molecule has 7 nitrogen and oxygen atoms in total. The number of sulfonamides is 1. The molecule has 1 saturated heterocycles. The molecular weight excluding hydrogens is 368 g/mol. The van der Waals surface area contributed by atoms with Crippen LogP contribution in [0.1, 0.15) is 48.9 Å². The quantitative estimate of drug-likeness (QED) is 0.715. The van der Waals surface area contributed by atoms with Crippen LogP contribution in [-0.4, -0.2) is 57.2 Å². The van der Waals surface area contributed by atoms with Crippen LogP contribution in [0.15, 0.2) is 24.3 Å². The lowest BCUT2D eigenvalue weighted by molar-refractivity contribution is -0.135. The van der Waals surface area contributed by atoms with Crippen LogP contribution >= 0.6 is 0 Å². The molecule has 148 valence electrons. The summed E-state index contributed by atoms with van der Waals surface area (Å²) in [5.74, 6) is -0.726. The molecule has 0 atom stereocenters. The third kappa shape index (κ3) is 4.61. The van der Waals surface area contributed by atoms with E-state index in [0.29, 0.717) is 18.7 Å². The van der Waals surface area contributed by atoms with E-state index < -0.39 is 16.0 Å². The lowest BCUT2D eigenvalue weighted by atomic mass is 9.94. The molecule has 1 aromatic rings. The molecule has 1 aromatic carbocycles. The molecule has 0 bridgehead atoms.